The smallest absolute Gasteiger partial charge is 0.339 e. The number of nitrogens with zero attached hydrogens (tertiary/aromatic N) is 1. The van der Waals surface area contributed by atoms with Crippen molar-refractivity contribution >= 4 is 11.7 Å². The van der Waals surface area contributed by atoms with E-state index in [0.717, 1.165) is 0 Å². The first-order valence-corrected chi connectivity index (χ1v) is 3.87. The number of anilines is 1. The fourth-order valence-electron chi connectivity index (χ4n) is 0.926. The van der Waals surface area contributed by atoms with E-state index in [1.54, 1.807) is 6.07 Å². The third-order valence-corrected chi connectivity index (χ3v) is 1.51. The number of aromatic nitrogens is 1. The van der Waals surface area contributed by atoms with Crippen molar-refractivity contribution in [2.24, 2.45) is 5.73 Å². The van der Waals surface area contributed by atoms with Gasteiger partial charge in [0.15, 0.2) is 0 Å². The number of hydrogen-bond acceptors (Lipinski definition) is 4. The Morgan fingerprint density at radius 2 is 2.46 bits per heavy atom. The molecule has 0 saturated heterocycles. The summed E-state index contributed by atoms with van der Waals surface area (Å²) in [5, 5.41) is 11.7. The highest BCUT2D eigenvalue weighted by Gasteiger charge is 2.08. The zero-order chi connectivity index (χ0) is 9.68. The molecule has 0 aliphatic carbocycles. The molecule has 0 unspecified atom stereocenters. The topological polar surface area (TPSA) is 88.2 Å². The summed E-state index contributed by atoms with van der Waals surface area (Å²) in [5.74, 6) is -0.993. The first-order chi connectivity index (χ1) is 6.25. The van der Waals surface area contributed by atoms with Crippen LogP contribution in [0.3, 0.4) is 0 Å². The molecule has 0 amide bonds. The number of rotatable bonds is 4. The molecule has 0 aliphatic rings. The molecule has 1 aromatic rings. The average molecular weight is 181 g/mol. The molecular formula is C8H11N3O2. The molecule has 70 valence electrons. The Morgan fingerprint density at radius 1 is 1.69 bits per heavy atom. The van der Waals surface area contributed by atoms with Crippen molar-refractivity contribution in [2.75, 3.05) is 18.4 Å². The van der Waals surface area contributed by atoms with Crippen LogP contribution in [0.25, 0.3) is 0 Å². The van der Waals surface area contributed by atoms with Crippen molar-refractivity contribution < 1.29 is 9.90 Å². The summed E-state index contributed by atoms with van der Waals surface area (Å²) in [4.78, 5) is 14.4. The van der Waals surface area contributed by atoms with Crippen LogP contribution in [0.5, 0.6) is 0 Å². The van der Waals surface area contributed by atoms with Gasteiger partial charge in [-0.05, 0) is 6.07 Å². The number of pyridine rings is 1. The minimum atomic E-state index is -0.993. The first-order valence-electron chi connectivity index (χ1n) is 3.87. The van der Waals surface area contributed by atoms with Crippen molar-refractivity contribution in [3.8, 4) is 0 Å². The van der Waals surface area contributed by atoms with E-state index in [0.29, 0.717) is 18.8 Å². The molecule has 5 nitrogen and oxygen atoms in total. The van der Waals surface area contributed by atoms with Crippen LogP contribution in [-0.4, -0.2) is 29.1 Å². The highest BCUT2D eigenvalue weighted by atomic mass is 16.4. The van der Waals surface area contributed by atoms with Crippen molar-refractivity contribution in [2.45, 2.75) is 0 Å². The van der Waals surface area contributed by atoms with E-state index in [9.17, 15) is 4.79 Å². The molecule has 1 aromatic heterocycles. The lowest BCUT2D eigenvalue weighted by Gasteiger charge is -2.06. The predicted molar refractivity (Wildman–Crippen MR) is 48.7 cm³/mol. The normalized spacial score (nSPS) is 9.62. The molecule has 0 bridgehead atoms. The van der Waals surface area contributed by atoms with Crippen molar-refractivity contribution in [3.63, 3.8) is 0 Å². The Hall–Kier alpha value is -1.62. The first kappa shape index (κ1) is 9.47. The molecule has 1 rings (SSSR count). The minimum Gasteiger partial charge on any atom is -0.478 e. The maximum absolute atomic E-state index is 10.7. The molecule has 1 heterocycles. The van der Waals surface area contributed by atoms with E-state index < -0.39 is 5.97 Å². The number of nitrogens with two attached hydrogens (primary N) is 1. The lowest BCUT2D eigenvalue weighted by atomic mass is 10.2. The minimum absolute atomic E-state index is 0.163. The second-order valence-corrected chi connectivity index (χ2v) is 2.44. The SMILES string of the molecule is NCCNc1ccncc1C(=O)O. The van der Waals surface area contributed by atoms with E-state index >= 15 is 0 Å². The Balaban J connectivity index is 2.84. The van der Waals surface area contributed by atoms with Gasteiger partial charge < -0.3 is 16.2 Å². The quantitative estimate of drug-likeness (QED) is 0.615. The molecule has 0 saturated carbocycles. The molecule has 0 atom stereocenters. The molecule has 5 heteroatoms. The van der Waals surface area contributed by atoms with Crippen molar-refractivity contribution in [1.29, 1.82) is 0 Å². The zero-order valence-electron chi connectivity index (χ0n) is 7.03. The predicted octanol–water partition coefficient (Wildman–Crippen LogP) is 0.150. The van der Waals surface area contributed by atoms with Crippen LogP contribution in [0.15, 0.2) is 18.5 Å². The van der Waals surface area contributed by atoms with Crippen LogP contribution in [0.1, 0.15) is 10.4 Å². The molecule has 0 aliphatic heterocycles. The third-order valence-electron chi connectivity index (χ3n) is 1.51. The van der Waals surface area contributed by atoms with Gasteiger partial charge in [0.1, 0.15) is 5.56 Å². The maximum Gasteiger partial charge on any atom is 0.339 e. The number of carbonyl (C=O) groups is 1. The second kappa shape index (κ2) is 4.42. The van der Waals surface area contributed by atoms with E-state index in [1.807, 2.05) is 0 Å². The van der Waals surface area contributed by atoms with Gasteiger partial charge in [-0.2, -0.15) is 0 Å². The molecule has 13 heavy (non-hydrogen) atoms. The molecule has 0 radical (unpaired) electrons. The van der Waals surface area contributed by atoms with Gasteiger partial charge in [-0.3, -0.25) is 4.98 Å². The summed E-state index contributed by atoms with van der Waals surface area (Å²) in [5.41, 5.74) is 5.99. The summed E-state index contributed by atoms with van der Waals surface area (Å²) < 4.78 is 0. The number of aromatic carboxylic acids is 1. The van der Waals surface area contributed by atoms with Gasteiger partial charge in [-0.1, -0.05) is 0 Å². The van der Waals surface area contributed by atoms with Crippen LogP contribution in [-0.2, 0) is 0 Å². The maximum atomic E-state index is 10.7. The number of nitrogens with one attached hydrogen (secondary N) is 1. The second-order valence-electron chi connectivity index (χ2n) is 2.44. The van der Waals surface area contributed by atoms with E-state index in [-0.39, 0.29) is 5.56 Å². The largest absolute Gasteiger partial charge is 0.478 e. The Kier molecular flexibility index (Phi) is 3.22. The van der Waals surface area contributed by atoms with Gasteiger partial charge in [-0.25, -0.2) is 4.79 Å². The standard InChI is InChI=1S/C8H11N3O2/c9-2-4-11-7-1-3-10-5-6(7)8(12)13/h1,3,5H,2,4,9H2,(H,10,11)(H,12,13). The highest BCUT2D eigenvalue weighted by Crippen LogP contribution is 2.12. The summed E-state index contributed by atoms with van der Waals surface area (Å²) >= 11 is 0. The van der Waals surface area contributed by atoms with E-state index in [1.165, 1.54) is 12.4 Å². The summed E-state index contributed by atoms with van der Waals surface area (Å²) in [7, 11) is 0. The third kappa shape index (κ3) is 2.41. The van der Waals surface area contributed by atoms with Crippen molar-refractivity contribution in [3.05, 3.63) is 24.0 Å². The number of hydrogen-bond donors (Lipinski definition) is 3. The van der Waals surface area contributed by atoms with Crippen LogP contribution in [0.4, 0.5) is 5.69 Å². The molecule has 4 N–H and O–H groups in total. The van der Waals surface area contributed by atoms with E-state index in [4.69, 9.17) is 10.8 Å². The van der Waals surface area contributed by atoms with Gasteiger partial charge in [0.05, 0.1) is 5.69 Å². The summed E-state index contributed by atoms with van der Waals surface area (Å²) in [6.45, 7) is 1.01. The van der Waals surface area contributed by atoms with Crippen LogP contribution in [0, 0.1) is 0 Å². The average Bonchev–Trinajstić information content (AvgIpc) is 2.15. The number of carboxylic acids is 1. The van der Waals surface area contributed by atoms with Gasteiger partial charge in [0.2, 0.25) is 0 Å². The monoisotopic (exact) mass is 181 g/mol. The fourth-order valence-corrected chi connectivity index (χ4v) is 0.926. The lowest BCUT2D eigenvalue weighted by Crippen LogP contribution is -2.15. The van der Waals surface area contributed by atoms with Gasteiger partial charge in [0, 0.05) is 25.5 Å². The Bertz CT molecular complexity index is 301. The molecule has 0 fully saturated rings. The van der Waals surface area contributed by atoms with Gasteiger partial charge >= 0.3 is 5.97 Å². The van der Waals surface area contributed by atoms with Crippen LogP contribution in [0.2, 0.25) is 0 Å². The van der Waals surface area contributed by atoms with Gasteiger partial charge in [-0.15, -0.1) is 0 Å². The molecule has 0 spiro atoms. The molecule has 0 aromatic carbocycles. The van der Waals surface area contributed by atoms with Crippen LogP contribution >= 0.6 is 0 Å². The van der Waals surface area contributed by atoms with Crippen LogP contribution < -0.4 is 11.1 Å². The Morgan fingerprint density at radius 3 is 3.08 bits per heavy atom. The van der Waals surface area contributed by atoms with E-state index in [2.05, 4.69) is 10.3 Å². The highest BCUT2D eigenvalue weighted by molar-refractivity contribution is 5.93. The Labute approximate surface area is 75.6 Å². The van der Waals surface area contributed by atoms with Crippen molar-refractivity contribution in [1.82, 2.24) is 4.98 Å². The summed E-state index contributed by atoms with van der Waals surface area (Å²) in [6, 6.07) is 1.61. The zero-order valence-corrected chi connectivity index (χ0v) is 7.03. The number of carboxylic acid groups (broad SMARTS) is 1. The molecular weight excluding hydrogens is 170 g/mol. The lowest BCUT2D eigenvalue weighted by molar-refractivity contribution is 0.0697. The van der Waals surface area contributed by atoms with Gasteiger partial charge in [0.25, 0.3) is 0 Å². The summed E-state index contributed by atoms with van der Waals surface area (Å²) in [6.07, 6.45) is 2.84. The fraction of sp³-hybridized carbons (Fsp3) is 0.250.